The van der Waals surface area contributed by atoms with Crippen LogP contribution in [0, 0.1) is 6.92 Å². The summed E-state index contributed by atoms with van der Waals surface area (Å²) in [4.78, 5) is 4.93. The number of aromatic nitrogens is 5. The van der Waals surface area contributed by atoms with Crippen molar-refractivity contribution in [2.24, 2.45) is 14.1 Å². The Bertz CT molecular complexity index is 1350. The predicted octanol–water partition coefficient (Wildman–Crippen LogP) is 2.93. The standard InChI is InChI=1S/C22H25N7O3S/c1-13-18(11-26-29(13)3)15-6-17(22(23)24-9-15)14-7-19(21(32-5)20(8-14)31-4)27-33(30)16-10-25-28(2)12-16/h6-12,27H,1-5H3,(H2,23,24). The first-order chi connectivity index (χ1) is 15.8. The van der Waals surface area contributed by atoms with Crippen molar-refractivity contribution >= 4 is 22.5 Å². The minimum absolute atomic E-state index is 0.354. The molecule has 4 rings (SSSR count). The zero-order valence-electron chi connectivity index (χ0n) is 19.0. The molecule has 0 saturated heterocycles. The molecule has 4 aromatic rings. The average Bonchev–Trinajstić information content (AvgIpc) is 3.39. The van der Waals surface area contributed by atoms with Gasteiger partial charge in [0.25, 0.3) is 0 Å². The molecular weight excluding hydrogens is 442 g/mol. The van der Waals surface area contributed by atoms with Crippen molar-refractivity contribution in [3.05, 3.63) is 48.7 Å². The summed E-state index contributed by atoms with van der Waals surface area (Å²) in [6, 6.07) is 5.57. The number of pyridine rings is 1. The molecule has 0 spiro atoms. The molecular formula is C22H25N7O3S. The third kappa shape index (κ3) is 4.27. The molecule has 0 radical (unpaired) electrons. The van der Waals surface area contributed by atoms with Gasteiger partial charge in [0.15, 0.2) is 22.5 Å². The Balaban J connectivity index is 1.81. The average molecular weight is 468 g/mol. The molecule has 0 fully saturated rings. The van der Waals surface area contributed by atoms with E-state index in [-0.39, 0.29) is 0 Å². The second-order valence-electron chi connectivity index (χ2n) is 7.40. The highest BCUT2D eigenvalue weighted by Gasteiger charge is 2.19. The van der Waals surface area contributed by atoms with E-state index in [0.717, 1.165) is 22.4 Å². The Labute approximate surface area is 193 Å². The molecule has 3 N–H and O–H groups in total. The number of nitrogens with one attached hydrogen (secondary N) is 1. The Hall–Kier alpha value is -3.86. The molecule has 0 bridgehead atoms. The molecule has 1 atom stereocenters. The second-order valence-corrected chi connectivity index (χ2v) is 8.62. The summed E-state index contributed by atoms with van der Waals surface area (Å²) in [6.45, 7) is 1.99. The van der Waals surface area contributed by atoms with Crippen LogP contribution in [0.1, 0.15) is 5.69 Å². The van der Waals surface area contributed by atoms with Gasteiger partial charge in [0.1, 0.15) is 5.82 Å². The fraction of sp³-hybridized carbons (Fsp3) is 0.227. The van der Waals surface area contributed by atoms with Gasteiger partial charge in [-0.3, -0.25) is 14.1 Å². The molecule has 10 nitrogen and oxygen atoms in total. The van der Waals surface area contributed by atoms with Crippen molar-refractivity contribution in [3.8, 4) is 33.8 Å². The second kappa shape index (κ2) is 8.94. The van der Waals surface area contributed by atoms with E-state index < -0.39 is 11.0 Å². The zero-order chi connectivity index (χ0) is 23.7. The number of nitrogens with two attached hydrogens (primary N) is 1. The summed E-state index contributed by atoms with van der Waals surface area (Å²) in [7, 11) is 5.15. The highest BCUT2D eigenvalue weighted by Crippen LogP contribution is 2.42. The van der Waals surface area contributed by atoms with Gasteiger partial charge in [-0.1, -0.05) is 0 Å². The zero-order valence-corrected chi connectivity index (χ0v) is 19.8. The van der Waals surface area contributed by atoms with Gasteiger partial charge in [0.2, 0.25) is 0 Å². The van der Waals surface area contributed by atoms with Crippen LogP contribution in [0.5, 0.6) is 11.5 Å². The highest BCUT2D eigenvalue weighted by molar-refractivity contribution is 7.86. The van der Waals surface area contributed by atoms with Crippen LogP contribution < -0.4 is 19.9 Å². The van der Waals surface area contributed by atoms with Crippen molar-refractivity contribution in [3.63, 3.8) is 0 Å². The topological polar surface area (TPSA) is 122 Å². The van der Waals surface area contributed by atoms with Crippen LogP contribution in [0.2, 0.25) is 0 Å². The first-order valence-electron chi connectivity index (χ1n) is 10.00. The molecule has 0 aliphatic rings. The molecule has 0 amide bonds. The minimum Gasteiger partial charge on any atom is -0.493 e. The highest BCUT2D eigenvalue weighted by atomic mass is 32.2. The smallest absolute Gasteiger partial charge is 0.184 e. The van der Waals surface area contributed by atoms with Gasteiger partial charge in [-0.15, -0.1) is 0 Å². The minimum atomic E-state index is -1.57. The van der Waals surface area contributed by atoms with E-state index in [1.807, 2.05) is 32.2 Å². The maximum Gasteiger partial charge on any atom is 0.184 e. The molecule has 0 aliphatic carbocycles. The van der Waals surface area contributed by atoms with Gasteiger partial charge < -0.3 is 15.2 Å². The maximum absolute atomic E-state index is 12.9. The van der Waals surface area contributed by atoms with E-state index in [1.54, 1.807) is 42.1 Å². The maximum atomic E-state index is 12.9. The number of ether oxygens (including phenoxy) is 2. The normalized spacial score (nSPS) is 11.9. The largest absolute Gasteiger partial charge is 0.493 e. The molecule has 3 aromatic heterocycles. The van der Waals surface area contributed by atoms with Crippen molar-refractivity contribution < 1.29 is 13.7 Å². The van der Waals surface area contributed by atoms with Gasteiger partial charge in [-0.05, 0) is 30.7 Å². The Kier molecular flexibility index (Phi) is 6.05. The quantitative estimate of drug-likeness (QED) is 0.428. The molecule has 3 heterocycles. The van der Waals surface area contributed by atoms with Crippen LogP contribution in [0.15, 0.2) is 47.9 Å². The first-order valence-corrected chi connectivity index (χ1v) is 11.1. The number of nitrogens with zero attached hydrogens (tertiary/aromatic N) is 5. The van der Waals surface area contributed by atoms with Crippen molar-refractivity contribution in [1.82, 2.24) is 24.5 Å². The lowest BCUT2D eigenvalue weighted by molar-refractivity contribution is 0.356. The monoisotopic (exact) mass is 467 g/mol. The summed E-state index contributed by atoms with van der Waals surface area (Å²) in [6.07, 6.45) is 6.74. The summed E-state index contributed by atoms with van der Waals surface area (Å²) in [5, 5.41) is 8.39. The summed E-state index contributed by atoms with van der Waals surface area (Å²) >= 11 is 0. The Morgan fingerprint density at radius 3 is 2.39 bits per heavy atom. The molecule has 11 heteroatoms. The number of benzene rings is 1. The van der Waals surface area contributed by atoms with Crippen molar-refractivity contribution in [2.75, 3.05) is 24.7 Å². The molecule has 1 aromatic carbocycles. The summed E-state index contributed by atoms with van der Waals surface area (Å²) in [5.41, 5.74) is 11.0. The van der Waals surface area contributed by atoms with E-state index in [2.05, 4.69) is 19.9 Å². The van der Waals surface area contributed by atoms with Gasteiger partial charge >= 0.3 is 0 Å². The fourth-order valence-electron chi connectivity index (χ4n) is 3.48. The number of hydrogen-bond donors (Lipinski definition) is 2. The van der Waals surface area contributed by atoms with Gasteiger partial charge in [-0.25, -0.2) is 9.19 Å². The van der Waals surface area contributed by atoms with Gasteiger partial charge in [0.05, 0.1) is 37.2 Å². The van der Waals surface area contributed by atoms with Crippen molar-refractivity contribution in [2.45, 2.75) is 11.8 Å². The van der Waals surface area contributed by atoms with Crippen LogP contribution in [0.25, 0.3) is 22.3 Å². The van der Waals surface area contributed by atoms with E-state index in [9.17, 15) is 4.21 Å². The van der Waals surface area contributed by atoms with Crippen molar-refractivity contribution in [1.29, 1.82) is 0 Å². The first kappa shape index (κ1) is 22.3. The van der Waals surface area contributed by atoms with Gasteiger partial charge in [-0.2, -0.15) is 10.2 Å². The van der Waals surface area contributed by atoms with Crippen LogP contribution >= 0.6 is 0 Å². The fourth-order valence-corrected chi connectivity index (χ4v) is 4.35. The molecule has 172 valence electrons. The van der Waals surface area contributed by atoms with Gasteiger partial charge in [0, 0.05) is 48.9 Å². The molecule has 33 heavy (non-hydrogen) atoms. The summed E-state index contributed by atoms with van der Waals surface area (Å²) in [5.74, 6) is 1.24. The lowest BCUT2D eigenvalue weighted by atomic mass is 10.0. The summed E-state index contributed by atoms with van der Waals surface area (Å²) < 4.78 is 30.4. The SMILES string of the molecule is COc1cc(-c2cc(-c3cnn(C)c3C)cnc2N)cc(NS(=O)c2cnn(C)c2)c1OC. The number of hydrogen-bond acceptors (Lipinski definition) is 7. The van der Waals surface area contributed by atoms with Crippen LogP contribution in [-0.4, -0.2) is 43.0 Å². The number of aryl methyl sites for hydroxylation is 2. The Morgan fingerprint density at radius 1 is 1.00 bits per heavy atom. The van der Waals surface area contributed by atoms with Crippen LogP contribution in [-0.2, 0) is 25.1 Å². The number of anilines is 2. The molecule has 0 aliphatic heterocycles. The van der Waals surface area contributed by atoms with E-state index >= 15 is 0 Å². The van der Waals surface area contributed by atoms with E-state index in [0.29, 0.717) is 33.5 Å². The third-order valence-corrected chi connectivity index (χ3v) is 6.40. The number of rotatable bonds is 7. The predicted molar refractivity (Wildman–Crippen MR) is 127 cm³/mol. The number of methoxy groups -OCH3 is 2. The lowest BCUT2D eigenvalue weighted by Gasteiger charge is -2.17. The molecule has 0 saturated carbocycles. The lowest BCUT2D eigenvalue weighted by Crippen LogP contribution is -2.07. The molecule has 1 unspecified atom stereocenters. The van der Waals surface area contributed by atoms with E-state index in [1.165, 1.54) is 13.3 Å². The van der Waals surface area contributed by atoms with Crippen LogP contribution in [0.3, 0.4) is 0 Å². The van der Waals surface area contributed by atoms with Crippen LogP contribution in [0.4, 0.5) is 11.5 Å². The number of nitrogen functional groups attached to an aromatic ring is 1. The van der Waals surface area contributed by atoms with E-state index in [4.69, 9.17) is 15.2 Å². The third-order valence-electron chi connectivity index (χ3n) is 5.35. The Morgan fingerprint density at radius 2 is 1.79 bits per heavy atom.